The summed E-state index contributed by atoms with van der Waals surface area (Å²) in [6, 6.07) is 23.5. The van der Waals surface area contributed by atoms with Crippen LogP contribution < -0.4 is 4.74 Å². The maximum absolute atomic E-state index is 11.3. The lowest BCUT2D eigenvalue weighted by Crippen LogP contribution is -2.33. The number of benzene rings is 3. The van der Waals surface area contributed by atoms with Gasteiger partial charge in [-0.05, 0) is 64.6 Å². The Balaban J connectivity index is 1.68. The number of carboxylic acid groups (broad SMARTS) is 1. The molecular formula is C31H31NO3. The van der Waals surface area contributed by atoms with Gasteiger partial charge < -0.3 is 9.84 Å². The van der Waals surface area contributed by atoms with E-state index >= 15 is 0 Å². The minimum atomic E-state index is -0.939. The van der Waals surface area contributed by atoms with E-state index < -0.39 is 5.97 Å². The van der Waals surface area contributed by atoms with Crippen LogP contribution in [0.2, 0.25) is 0 Å². The predicted molar refractivity (Wildman–Crippen MR) is 140 cm³/mol. The van der Waals surface area contributed by atoms with Gasteiger partial charge in [-0.2, -0.15) is 0 Å². The van der Waals surface area contributed by atoms with E-state index in [0.29, 0.717) is 6.61 Å². The molecule has 0 fully saturated rings. The molecule has 5 rings (SSSR count). The van der Waals surface area contributed by atoms with Crippen LogP contribution in [0.1, 0.15) is 67.6 Å². The van der Waals surface area contributed by atoms with E-state index in [1.54, 1.807) is 12.1 Å². The molecule has 4 nitrogen and oxygen atoms in total. The van der Waals surface area contributed by atoms with Crippen LogP contribution in [-0.2, 0) is 17.4 Å². The molecule has 0 radical (unpaired) electrons. The molecule has 0 amide bonds. The van der Waals surface area contributed by atoms with Crippen molar-refractivity contribution in [2.75, 3.05) is 0 Å². The molecule has 0 spiro atoms. The molecule has 0 aliphatic heterocycles. The lowest BCUT2D eigenvalue weighted by atomic mass is 9.63. The molecule has 1 aliphatic rings. The topological polar surface area (TPSA) is 59.4 Å². The first-order valence-electron chi connectivity index (χ1n) is 12.1. The molecule has 4 heteroatoms. The fourth-order valence-electron chi connectivity index (χ4n) is 5.04. The van der Waals surface area contributed by atoms with Gasteiger partial charge >= 0.3 is 5.97 Å². The van der Waals surface area contributed by atoms with Crippen molar-refractivity contribution in [3.8, 4) is 17.0 Å². The van der Waals surface area contributed by atoms with E-state index in [1.165, 1.54) is 11.1 Å². The van der Waals surface area contributed by atoms with Crippen molar-refractivity contribution >= 4 is 16.9 Å². The largest absolute Gasteiger partial charge is 0.488 e. The van der Waals surface area contributed by atoms with E-state index in [4.69, 9.17) is 9.72 Å². The summed E-state index contributed by atoms with van der Waals surface area (Å²) in [6.07, 6.45) is 2.27. The number of aromatic carboxylic acids is 1. The van der Waals surface area contributed by atoms with Gasteiger partial charge in [-0.3, -0.25) is 0 Å². The number of pyridine rings is 1. The summed E-state index contributed by atoms with van der Waals surface area (Å²) < 4.78 is 6.41. The van der Waals surface area contributed by atoms with Crippen molar-refractivity contribution in [1.82, 2.24) is 4.98 Å². The van der Waals surface area contributed by atoms with Gasteiger partial charge in [0.25, 0.3) is 0 Å². The standard InChI is InChI=1S/C31H31NO3/c1-30(2)14-15-31(3,4)25-17-27-23(16-24(25)30)28(35-19-20-8-6-5-7-9-20)18-26(32-27)21-10-12-22(13-11-21)29(33)34/h5-13,16-18H,14-15,19H2,1-4H3,(H,33,34). The Labute approximate surface area is 206 Å². The maximum atomic E-state index is 11.3. The molecule has 178 valence electrons. The summed E-state index contributed by atoms with van der Waals surface area (Å²) in [7, 11) is 0. The van der Waals surface area contributed by atoms with Gasteiger partial charge in [0.2, 0.25) is 0 Å². The molecule has 0 bridgehead atoms. The van der Waals surface area contributed by atoms with Crippen molar-refractivity contribution in [2.45, 2.75) is 58.0 Å². The van der Waals surface area contributed by atoms with Crippen molar-refractivity contribution in [2.24, 2.45) is 0 Å². The molecule has 35 heavy (non-hydrogen) atoms. The average Bonchev–Trinajstić information content (AvgIpc) is 2.85. The number of fused-ring (bicyclic) bond motifs is 2. The van der Waals surface area contributed by atoms with E-state index in [0.717, 1.165) is 46.3 Å². The van der Waals surface area contributed by atoms with Crippen molar-refractivity contribution in [1.29, 1.82) is 0 Å². The molecule has 1 N–H and O–H groups in total. The van der Waals surface area contributed by atoms with Crippen LogP contribution in [0.5, 0.6) is 5.75 Å². The van der Waals surface area contributed by atoms with E-state index in [2.05, 4.69) is 52.0 Å². The van der Waals surface area contributed by atoms with Crippen LogP contribution in [0.15, 0.2) is 72.8 Å². The van der Waals surface area contributed by atoms with Crippen molar-refractivity contribution in [3.63, 3.8) is 0 Å². The molecule has 0 atom stereocenters. The number of rotatable bonds is 5. The number of carboxylic acids is 1. The molecule has 1 aliphatic carbocycles. The van der Waals surface area contributed by atoms with Gasteiger partial charge in [-0.1, -0.05) is 70.2 Å². The fourth-order valence-corrected chi connectivity index (χ4v) is 5.04. The van der Waals surface area contributed by atoms with E-state index in [-0.39, 0.29) is 16.4 Å². The smallest absolute Gasteiger partial charge is 0.335 e. The monoisotopic (exact) mass is 465 g/mol. The summed E-state index contributed by atoms with van der Waals surface area (Å²) in [5, 5.41) is 10.3. The quantitative estimate of drug-likeness (QED) is 0.331. The predicted octanol–water partition coefficient (Wildman–Crippen LogP) is 7.53. The number of aromatic nitrogens is 1. The Morgan fingerprint density at radius 1 is 0.886 bits per heavy atom. The Morgan fingerprint density at radius 2 is 1.51 bits per heavy atom. The number of hydrogen-bond donors (Lipinski definition) is 1. The zero-order valence-corrected chi connectivity index (χ0v) is 20.8. The second-order valence-electron chi connectivity index (χ2n) is 10.8. The Kier molecular flexibility index (Phi) is 5.63. The third-order valence-corrected chi connectivity index (χ3v) is 7.41. The van der Waals surface area contributed by atoms with Crippen LogP contribution in [-0.4, -0.2) is 16.1 Å². The average molecular weight is 466 g/mol. The van der Waals surface area contributed by atoms with Gasteiger partial charge in [0.1, 0.15) is 12.4 Å². The lowest BCUT2D eigenvalue weighted by Gasteiger charge is -2.42. The first-order chi connectivity index (χ1) is 16.6. The summed E-state index contributed by atoms with van der Waals surface area (Å²) >= 11 is 0. The summed E-state index contributed by atoms with van der Waals surface area (Å²) in [5.41, 5.74) is 6.76. The number of ether oxygens (including phenoxy) is 1. The molecule has 0 saturated heterocycles. The highest BCUT2D eigenvalue weighted by molar-refractivity contribution is 5.91. The minimum Gasteiger partial charge on any atom is -0.488 e. The molecular weight excluding hydrogens is 434 g/mol. The minimum absolute atomic E-state index is 0.0743. The fraction of sp³-hybridized carbons (Fsp3) is 0.290. The van der Waals surface area contributed by atoms with Crippen LogP contribution >= 0.6 is 0 Å². The van der Waals surface area contributed by atoms with Crippen LogP contribution in [0.25, 0.3) is 22.2 Å². The zero-order chi connectivity index (χ0) is 24.8. The number of carbonyl (C=O) groups is 1. The third kappa shape index (κ3) is 4.41. The highest BCUT2D eigenvalue weighted by Gasteiger charge is 2.37. The summed E-state index contributed by atoms with van der Waals surface area (Å²) in [5.74, 6) is -0.149. The highest BCUT2D eigenvalue weighted by Crippen LogP contribution is 2.48. The molecule has 1 aromatic heterocycles. The van der Waals surface area contributed by atoms with Crippen LogP contribution in [0.4, 0.5) is 0 Å². The molecule has 0 unspecified atom stereocenters. The summed E-state index contributed by atoms with van der Waals surface area (Å²) in [4.78, 5) is 16.3. The van der Waals surface area contributed by atoms with Gasteiger partial charge in [0.05, 0.1) is 16.8 Å². The molecule has 3 aromatic carbocycles. The molecule has 0 saturated carbocycles. The highest BCUT2D eigenvalue weighted by atomic mass is 16.5. The Hall–Kier alpha value is -3.66. The lowest BCUT2D eigenvalue weighted by molar-refractivity contribution is 0.0697. The summed E-state index contributed by atoms with van der Waals surface area (Å²) in [6.45, 7) is 9.73. The number of hydrogen-bond acceptors (Lipinski definition) is 3. The van der Waals surface area contributed by atoms with E-state index in [1.807, 2.05) is 36.4 Å². The normalized spacial score (nSPS) is 16.0. The second kappa shape index (κ2) is 8.53. The van der Waals surface area contributed by atoms with Crippen LogP contribution in [0, 0.1) is 0 Å². The van der Waals surface area contributed by atoms with Gasteiger partial charge in [0, 0.05) is 17.0 Å². The zero-order valence-electron chi connectivity index (χ0n) is 20.8. The first-order valence-corrected chi connectivity index (χ1v) is 12.1. The maximum Gasteiger partial charge on any atom is 0.335 e. The van der Waals surface area contributed by atoms with Gasteiger partial charge in [-0.25, -0.2) is 9.78 Å². The Morgan fingerprint density at radius 3 is 2.14 bits per heavy atom. The first kappa shape index (κ1) is 23.1. The SMILES string of the molecule is CC1(C)CCC(C)(C)c2cc3c(OCc4ccccc4)cc(-c4ccc(C(=O)O)cc4)nc3cc21. The van der Waals surface area contributed by atoms with Crippen molar-refractivity contribution < 1.29 is 14.6 Å². The third-order valence-electron chi connectivity index (χ3n) is 7.41. The van der Waals surface area contributed by atoms with E-state index in [9.17, 15) is 9.90 Å². The van der Waals surface area contributed by atoms with Crippen LogP contribution in [0.3, 0.4) is 0 Å². The number of nitrogens with zero attached hydrogens (tertiary/aromatic N) is 1. The second-order valence-corrected chi connectivity index (χ2v) is 10.8. The Bertz CT molecular complexity index is 1400. The molecule has 1 heterocycles. The molecule has 4 aromatic rings. The van der Waals surface area contributed by atoms with Gasteiger partial charge in [0.15, 0.2) is 0 Å². The van der Waals surface area contributed by atoms with Crippen molar-refractivity contribution in [3.05, 3.63) is 95.1 Å². The van der Waals surface area contributed by atoms with Gasteiger partial charge in [-0.15, -0.1) is 0 Å².